The number of ether oxygens (including phenoxy) is 1. The lowest BCUT2D eigenvalue weighted by Gasteiger charge is -2.14. The number of nitrogens with zero attached hydrogens (tertiary/aromatic N) is 1. The van der Waals surface area contributed by atoms with Crippen LogP contribution in [0.2, 0.25) is 0 Å². The summed E-state index contributed by atoms with van der Waals surface area (Å²) in [5.41, 5.74) is 6.17. The molecule has 3 N–H and O–H groups in total. The van der Waals surface area contributed by atoms with Crippen molar-refractivity contribution >= 4 is 35.3 Å². The van der Waals surface area contributed by atoms with E-state index in [9.17, 15) is 9.18 Å². The third kappa shape index (κ3) is 5.14. The molecule has 5 nitrogen and oxygen atoms in total. The highest BCUT2D eigenvalue weighted by atomic mass is 35.5. The van der Waals surface area contributed by atoms with Gasteiger partial charge in [0, 0.05) is 23.6 Å². The molecule has 0 atom stereocenters. The lowest BCUT2D eigenvalue weighted by atomic mass is 10.2. The Bertz CT molecular complexity index is 720. The number of anilines is 1. The highest BCUT2D eigenvalue weighted by Gasteiger charge is 2.18. The van der Waals surface area contributed by atoms with Crippen molar-refractivity contribution < 1.29 is 13.9 Å². The third-order valence-corrected chi connectivity index (χ3v) is 4.84. The summed E-state index contributed by atoms with van der Waals surface area (Å²) in [7, 11) is 0. The first kappa shape index (κ1) is 19.6. The van der Waals surface area contributed by atoms with Crippen LogP contribution in [0.4, 0.5) is 10.1 Å². The van der Waals surface area contributed by atoms with Gasteiger partial charge >= 0.3 is 0 Å². The second-order valence-electron chi connectivity index (χ2n) is 5.79. The van der Waals surface area contributed by atoms with Crippen molar-refractivity contribution in [1.82, 2.24) is 4.98 Å². The number of hydrogen-bond donors (Lipinski definition) is 2. The van der Waals surface area contributed by atoms with E-state index in [4.69, 9.17) is 10.5 Å². The van der Waals surface area contributed by atoms with Crippen LogP contribution in [0.1, 0.15) is 41.2 Å². The molecule has 0 unspecified atom stereocenters. The van der Waals surface area contributed by atoms with Crippen LogP contribution in [0.15, 0.2) is 23.6 Å². The molecular formula is C17H21ClFN3O2S. The first-order chi connectivity index (χ1) is 11.7. The second-order valence-corrected chi connectivity index (χ2v) is 6.73. The fourth-order valence-corrected chi connectivity index (χ4v) is 3.50. The monoisotopic (exact) mass is 385 g/mol. The van der Waals surface area contributed by atoms with E-state index in [2.05, 4.69) is 10.3 Å². The molecule has 0 aliphatic heterocycles. The second kappa shape index (κ2) is 9.12. The van der Waals surface area contributed by atoms with E-state index in [1.807, 2.05) is 0 Å². The topological polar surface area (TPSA) is 77.2 Å². The number of nitrogens with two attached hydrogens (primary N) is 1. The molecule has 0 radical (unpaired) electrons. The summed E-state index contributed by atoms with van der Waals surface area (Å²) in [5.74, 6) is -0.598. The zero-order chi connectivity index (χ0) is 16.9. The number of thiazole rings is 1. The van der Waals surface area contributed by atoms with E-state index in [-0.39, 0.29) is 30.2 Å². The van der Waals surface area contributed by atoms with Crippen molar-refractivity contribution in [3.05, 3.63) is 40.1 Å². The lowest BCUT2D eigenvalue weighted by molar-refractivity contribution is 0.102. The van der Waals surface area contributed by atoms with Crippen LogP contribution in [0.3, 0.4) is 0 Å². The van der Waals surface area contributed by atoms with Gasteiger partial charge in [-0.3, -0.25) is 4.79 Å². The average Bonchev–Trinajstić information content (AvgIpc) is 3.22. The Morgan fingerprint density at radius 3 is 2.84 bits per heavy atom. The van der Waals surface area contributed by atoms with Crippen molar-refractivity contribution in [2.45, 2.75) is 38.2 Å². The van der Waals surface area contributed by atoms with E-state index in [0.717, 1.165) is 30.7 Å². The van der Waals surface area contributed by atoms with Gasteiger partial charge in [-0.15, -0.1) is 23.7 Å². The summed E-state index contributed by atoms with van der Waals surface area (Å²) in [6.45, 7) is 0.488. The van der Waals surface area contributed by atoms with Crippen molar-refractivity contribution in [1.29, 1.82) is 0 Å². The minimum absolute atomic E-state index is 0. The summed E-state index contributed by atoms with van der Waals surface area (Å²) in [6.07, 6.45) is 4.91. The summed E-state index contributed by atoms with van der Waals surface area (Å²) in [4.78, 5) is 16.4. The third-order valence-electron chi connectivity index (χ3n) is 3.93. The number of benzene rings is 1. The van der Waals surface area contributed by atoms with Gasteiger partial charge in [0.1, 0.15) is 5.69 Å². The van der Waals surface area contributed by atoms with Gasteiger partial charge < -0.3 is 15.8 Å². The molecule has 0 spiro atoms. The fraction of sp³-hybridized carbons (Fsp3) is 0.412. The maximum atomic E-state index is 14.2. The number of aromatic nitrogens is 1. The zero-order valence-corrected chi connectivity index (χ0v) is 15.3. The molecule has 3 rings (SSSR count). The van der Waals surface area contributed by atoms with Gasteiger partial charge in [-0.25, -0.2) is 9.37 Å². The molecule has 1 heterocycles. The molecule has 2 aromatic rings. The molecule has 8 heteroatoms. The molecule has 1 amide bonds. The van der Waals surface area contributed by atoms with Gasteiger partial charge in [-0.05, 0) is 44.4 Å². The Morgan fingerprint density at radius 1 is 1.40 bits per heavy atom. The normalized spacial score (nSPS) is 14.2. The highest BCUT2D eigenvalue weighted by Crippen LogP contribution is 2.27. The van der Waals surface area contributed by atoms with Crippen molar-refractivity contribution in [2.75, 3.05) is 11.9 Å². The van der Waals surface area contributed by atoms with Crippen LogP contribution in [-0.2, 0) is 6.42 Å². The molecular weight excluding hydrogens is 365 g/mol. The smallest absolute Gasteiger partial charge is 0.275 e. The molecule has 1 aliphatic rings. The number of carbonyl (C=O) groups is 1. The molecule has 1 saturated carbocycles. The number of amides is 1. The molecule has 1 aliphatic carbocycles. The van der Waals surface area contributed by atoms with Gasteiger partial charge in [-0.1, -0.05) is 0 Å². The molecule has 0 bridgehead atoms. The van der Waals surface area contributed by atoms with Gasteiger partial charge in [0.15, 0.2) is 11.6 Å². The Morgan fingerprint density at radius 2 is 2.16 bits per heavy atom. The minimum atomic E-state index is -0.471. The van der Waals surface area contributed by atoms with Crippen LogP contribution < -0.4 is 15.8 Å². The SMILES string of the molecule is Cl.NCCc1nc(C(=O)Nc2ccc(OC3CCCC3)c(F)c2)cs1. The summed E-state index contributed by atoms with van der Waals surface area (Å²) in [6, 6.07) is 4.47. The number of nitrogens with one attached hydrogen (secondary N) is 1. The van der Waals surface area contributed by atoms with Gasteiger partial charge in [0.05, 0.1) is 11.1 Å². The van der Waals surface area contributed by atoms with Crippen molar-refractivity contribution in [2.24, 2.45) is 5.73 Å². The van der Waals surface area contributed by atoms with E-state index in [0.29, 0.717) is 24.3 Å². The summed E-state index contributed by atoms with van der Waals surface area (Å²) < 4.78 is 19.8. The van der Waals surface area contributed by atoms with Gasteiger partial charge in [-0.2, -0.15) is 0 Å². The van der Waals surface area contributed by atoms with Crippen LogP contribution in [0.25, 0.3) is 0 Å². The number of halogens is 2. The van der Waals surface area contributed by atoms with Gasteiger partial charge in [0.2, 0.25) is 0 Å². The van der Waals surface area contributed by atoms with Crippen molar-refractivity contribution in [3.8, 4) is 5.75 Å². The Balaban J connectivity index is 0.00000225. The number of hydrogen-bond acceptors (Lipinski definition) is 5. The van der Waals surface area contributed by atoms with Crippen LogP contribution in [0, 0.1) is 5.82 Å². The average molecular weight is 386 g/mol. The Kier molecular flexibility index (Phi) is 7.16. The Labute approximate surface area is 156 Å². The van der Waals surface area contributed by atoms with E-state index in [1.54, 1.807) is 17.5 Å². The summed E-state index contributed by atoms with van der Waals surface area (Å²) in [5, 5.41) is 5.14. The standard InChI is InChI=1S/C17H20FN3O2S.ClH/c18-13-9-11(5-6-15(13)23-12-3-1-2-4-12)20-17(22)14-10-24-16(21-14)7-8-19;/h5-6,9-10,12H,1-4,7-8,19H2,(H,20,22);1H. The lowest BCUT2D eigenvalue weighted by Crippen LogP contribution is -2.14. The molecule has 0 saturated heterocycles. The number of rotatable bonds is 6. The molecule has 1 aromatic heterocycles. The first-order valence-corrected chi connectivity index (χ1v) is 8.95. The van der Waals surface area contributed by atoms with E-state index >= 15 is 0 Å². The molecule has 136 valence electrons. The predicted molar refractivity (Wildman–Crippen MR) is 99.4 cm³/mol. The quantitative estimate of drug-likeness (QED) is 0.793. The minimum Gasteiger partial charge on any atom is -0.487 e. The molecule has 1 aromatic carbocycles. The van der Waals surface area contributed by atoms with Crippen LogP contribution in [0.5, 0.6) is 5.75 Å². The van der Waals surface area contributed by atoms with Crippen LogP contribution in [-0.4, -0.2) is 23.5 Å². The van der Waals surface area contributed by atoms with Crippen LogP contribution >= 0.6 is 23.7 Å². The van der Waals surface area contributed by atoms with E-state index in [1.165, 1.54) is 17.4 Å². The largest absolute Gasteiger partial charge is 0.487 e. The molecule has 25 heavy (non-hydrogen) atoms. The maximum Gasteiger partial charge on any atom is 0.275 e. The molecule has 1 fully saturated rings. The zero-order valence-electron chi connectivity index (χ0n) is 13.7. The highest BCUT2D eigenvalue weighted by molar-refractivity contribution is 7.09. The van der Waals surface area contributed by atoms with Gasteiger partial charge in [0.25, 0.3) is 5.91 Å². The predicted octanol–water partition coefficient (Wildman–Crippen LogP) is 3.78. The maximum absolute atomic E-state index is 14.2. The Hall–Kier alpha value is -1.70. The van der Waals surface area contributed by atoms with E-state index < -0.39 is 5.82 Å². The first-order valence-electron chi connectivity index (χ1n) is 8.07. The van der Waals surface area contributed by atoms with Crippen molar-refractivity contribution in [3.63, 3.8) is 0 Å². The fourth-order valence-electron chi connectivity index (χ4n) is 2.71. The number of carbonyl (C=O) groups excluding carboxylic acids is 1. The summed E-state index contributed by atoms with van der Waals surface area (Å²) >= 11 is 1.39.